The predicted molar refractivity (Wildman–Crippen MR) is 95.9 cm³/mol. The van der Waals surface area contributed by atoms with Crippen LogP contribution < -0.4 is 15.4 Å². The zero-order valence-corrected chi connectivity index (χ0v) is 15.3. The number of ether oxygens (including phenoxy) is 1. The van der Waals surface area contributed by atoms with Crippen LogP contribution in [0.15, 0.2) is 18.2 Å². The van der Waals surface area contributed by atoms with Gasteiger partial charge in [-0.15, -0.1) is 0 Å². The Morgan fingerprint density at radius 1 is 1.44 bits per heavy atom. The number of nitrogens with one attached hydrogen (secondary N) is 2. The van der Waals surface area contributed by atoms with Crippen LogP contribution in [0.5, 0.6) is 5.75 Å². The number of aliphatic hydroxyl groups is 1. The van der Waals surface area contributed by atoms with Crippen molar-refractivity contribution in [2.45, 2.75) is 38.6 Å². The van der Waals surface area contributed by atoms with Crippen molar-refractivity contribution in [1.82, 2.24) is 10.2 Å². The van der Waals surface area contributed by atoms with Crippen LogP contribution in [0.4, 0.5) is 10.5 Å². The van der Waals surface area contributed by atoms with Crippen molar-refractivity contribution in [2.24, 2.45) is 0 Å². The number of nitrogens with zero attached hydrogens (tertiary/aromatic N) is 1. The molecule has 1 aliphatic rings. The number of benzene rings is 1. The van der Waals surface area contributed by atoms with Gasteiger partial charge in [0.1, 0.15) is 11.8 Å². The van der Waals surface area contributed by atoms with E-state index in [4.69, 9.17) is 4.74 Å². The molecule has 0 spiro atoms. The van der Waals surface area contributed by atoms with E-state index in [0.717, 1.165) is 5.56 Å². The highest BCUT2D eigenvalue weighted by atomic mass is 16.5. The minimum absolute atomic E-state index is 0.0732. The molecule has 1 aliphatic heterocycles. The molecule has 25 heavy (non-hydrogen) atoms. The van der Waals surface area contributed by atoms with Crippen molar-refractivity contribution in [3.05, 3.63) is 23.8 Å². The quantitative estimate of drug-likeness (QED) is 0.772. The van der Waals surface area contributed by atoms with Crippen molar-refractivity contribution < 1.29 is 19.4 Å². The largest absolute Gasteiger partial charge is 0.495 e. The van der Waals surface area contributed by atoms with Crippen LogP contribution >= 0.6 is 0 Å². The lowest BCUT2D eigenvalue weighted by molar-refractivity contribution is -0.128. The first-order valence-corrected chi connectivity index (χ1v) is 8.42. The highest BCUT2D eigenvalue weighted by molar-refractivity contribution is 5.95. The normalized spacial score (nSPS) is 17.9. The second-order valence-corrected chi connectivity index (χ2v) is 7.11. The lowest BCUT2D eigenvalue weighted by Crippen LogP contribution is -2.58. The Bertz CT molecular complexity index is 640. The summed E-state index contributed by atoms with van der Waals surface area (Å²) in [5.41, 5.74) is 1.55. The molecular formula is C18H27N3O4. The maximum atomic E-state index is 12.7. The molecule has 1 fully saturated rings. The molecule has 0 unspecified atom stereocenters. The Kier molecular flexibility index (Phi) is 5.89. The number of amides is 3. The van der Waals surface area contributed by atoms with Crippen molar-refractivity contribution in [2.75, 3.05) is 32.1 Å². The van der Waals surface area contributed by atoms with E-state index >= 15 is 0 Å². The van der Waals surface area contributed by atoms with Gasteiger partial charge in [0.25, 0.3) is 0 Å². The van der Waals surface area contributed by atoms with Gasteiger partial charge in [0, 0.05) is 19.7 Å². The minimum Gasteiger partial charge on any atom is -0.495 e. The Labute approximate surface area is 148 Å². The number of anilines is 1. The summed E-state index contributed by atoms with van der Waals surface area (Å²) in [5.74, 6) is 0.312. The first-order valence-electron chi connectivity index (χ1n) is 8.42. The molecular weight excluding hydrogens is 322 g/mol. The Morgan fingerprint density at radius 2 is 2.16 bits per heavy atom. The maximum Gasteiger partial charge on any atom is 0.322 e. The van der Waals surface area contributed by atoms with Crippen molar-refractivity contribution >= 4 is 17.6 Å². The van der Waals surface area contributed by atoms with Crippen LogP contribution in [0.3, 0.4) is 0 Å². The number of rotatable bonds is 4. The third-order valence-electron chi connectivity index (χ3n) is 4.30. The molecule has 1 saturated heterocycles. The van der Waals surface area contributed by atoms with E-state index in [1.165, 1.54) is 4.90 Å². The van der Waals surface area contributed by atoms with E-state index in [1.807, 2.05) is 18.2 Å². The summed E-state index contributed by atoms with van der Waals surface area (Å²) in [4.78, 5) is 26.2. The van der Waals surface area contributed by atoms with Crippen molar-refractivity contribution in [3.63, 3.8) is 0 Å². The number of urea groups is 1. The molecule has 3 N–H and O–H groups in total. The van der Waals surface area contributed by atoms with E-state index in [-0.39, 0.29) is 30.4 Å². The Morgan fingerprint density at radius 3 is 2.76 bits per heavy atom. The van der Waals surface area contributed by atoms with Gasteiger partial charge in [-0.05, 0) is 29.5 Å². The number of hydrogen-bond acceptors (Lipinski definition) is 4. The molecule has 7 heteroatoms. The van der Waals surface area contributed by atoms with E-state index in [0.29, 0.717) is 24.5 Å². The summed E-state index contributed by atoms with van der Waals surface area (Å²) in [5, 5.41) is 14.7. The average molecular weight is 349 g/mol. The molecule has 0 aliphatic carbocycles. The van der Waals surface area contributed by atoms with E-state index in [1.54, 1.807) is 7.11 Å². The molecule has 3 amide bonds. The third-order valence-corrected chi connectivity index (χ3v) is 4.30. The Balaban J connectivity index is 2.25. The highest BCUT2D eigenvalue weighted by Gasteiger charge is 2.33. The first-order chi connectivity index (χ1) is 11.8. The molecule has 0 saturated carbocycles. The Hall–Kier alpha value is -2.28. The molecule has 2 rings (SSSR count). The number of carbonyl (C=O) groups is 2. The van der Waals surface area contributed by atoms with Gasteiger partial charge in [0.2, 0.25) is 5.91 Å². The molecule has 1 heterocycles. The van der Waals surface area contributed by atoms with Crippen LogP contribution in [-0.4, -0.2) is 54.8 Å². The van der Waals surface area contributed by atoms with Crippen molar-refractivity contribution in [3.8, 4) is 5.75 Å². The fourth-order valence-electron chi connectivity index (χ4n) is 2.83. The number of aliphatic hydroxyl groups excluding tert-OH is 1. The van der Waals surface area contributed by atoms with Crippen LogP contribution in [0.2, 0.25) is 0 Å². The highest BCUT2D eigenvalue weighted by Crippen LogP contribution is 2.31. The molecule has 1 atom stereocenters. The van der Waals surface area contributed by atoms with E-state index in [9.17, 15) is 14.7 Å². The molecule has 0 aromatic heterocycles. The van der Waals surface area contributed by atoms with E-state index < -0.39 is 6.04 Å². The molecule has 7 nitrogen and oxygen atoms in total. The van der Waals surface area contributed by atoms with Gasteiger partial charge < -0.3 is 25.4 Å². The summed E-state index contributed by atoms with van der Waals surface area (Å²) in [6.45, 7) is 6.90. The average Bonchev–Trinajstić information content (AvgIpc) is 2.56. The second-order valence-electron chi connectivity index (χ2n) is 7.11. The topological polar surface area (TPSA) is 90.9 Å². The monoisotopic (exact) mass is 349 g/mol. The fourth-order valence-corrected chi connectivity index (χ4v) is 2.83. The van der Waals surface area contributed by atoms with Gasteiger partial charge in [0.15, 0.2) is 0 Å². The molecule has 138 valence electrons. The summed E-state index contributed by atoms with van der Waals surface area (Å²) in [7, 11) is 1.55. The third kappa shape index (κ3) is 4.42. The predicted octanol–water partition coefficient (Wildman–Crippen LogP) is 1.71. The SMILES string of the molecule is COc1ccc(C(C)(C)C)cc1NC(=O)N1CCNC(=O)[C@@H]1CCO. The number of piperazine rings is 1. The molecule has 0 bridgehead atoms. The maximum absolute atomic E-state index is 12.7. The first kappa shape index (κ1) is 19.1. The summed E-state index contributed by atoms with van der Waals surface area (Å²) < 4.78 is 5.34. The molecule has 1 aromatic carbocycles. The summed E-state index contributed by atoms with van der Waals surface area (Å²) in [6.07, 6.45) is 0.207. The molecule has 0 radical (unpaired) electrons. The summed E-state index contributed by atoms with van der Waals surface area (Å²) in [6, 6.07) is 4.64. The number of hydrogen-bond donors (Lipinski definition) is 3. The molecule has 1 aromatic rings. The van der Waals surface area contributed by atoms with Gasteiger partial charge in [-0.2, -0.15) is 0 Å². The lowest BCUT2D eigenvalue weighted by Gasteiger charge is -2.35. The fraction of sp³-hybridized carbons (Fsp3) is 0.556. The van der Waals surface area contributed by atoms with Gasteiger partial charge in [-0.25, -0.2) is 4.79 Å². The van der Waals surface area contributed by atoms with E-state index in [2.05, 4.69) is 31.4 Å². The van der Waals surface area contributed by atoms with Gasteiger partial charge in [0.05, 0.1) is 12.8 Å². The van der Waals surface area contributed by atoms with Crippen molar-refractivity contribution in [1.29, 1.82) is 0 Å². The van der Waals surface area contributed by atoms with Crippen LogP contribution in [0.25, 0.3) is 0 Å². The lowest BCUT2D eigenvalue weighted by atomic mass is 9.87. The van der Waals surface area contributed by atoms with Crippen LogP contribution in [0.1, 0.15) is 32.8 Å². The summed E-state index contributed by atoms with van der Waals surface area (Å²) >= 11 is 0. The zero-order valence-electron chi connectivity index (χ0n) is 15.3. The van der Waals surface area contributed by atoms with Gasteiger partial charge >= 0.3 is 6.03 Å². The van der Waals surface area contributed by atoms with Crippen LogP contribution in [0, 0.1) is 0 Å². The zero-order chi connectivity index (χ0) is 18.6. The minimum atomic E-state index is -0.671. The number of carbonyl (C=O) groups excluding carboxylic acids is 2. The van der Waals surface area contributed by atoms with Gasteiger partial charge in [-0.3, -0.25) is 4.79 Å². The second kappa shape index (κ2) is 7.74. The van der Waals surface area contributed by atoms with Gasteiger partial charge in [-0.1, -0.05) is 26.8 Å². The smallest absolute Gasteiger partial charge is 0.322 e. The number of methoxy groups -OCH3 is 1. The standard InChI is InChI=1S/C18H27N3O4/c1-18(2,3)12-5-6-15(25-4)13(11-12)20-17(24)21-9-8-19-16(23)14(21)7-10-22/h5-6,11,14,22H,7-10H2,1-4H3,(H,19,23)(H,20,24)/t14-/m0/s1. The van der Waals surface area contributed by atoms with Crippen LogP contribution in [-0.2, 0) is 10.2 Å².